The van der Waals surface area contributed by atoms with Crippen LogP contribution in [0.3, 0.4) is 0 Å². The maximum Gasteiger partial charge on any atom is -0.0188 e. The smallest absolute Gasteiger partial charge is 0.0188 e. The Labute approximate surface area is 87.3 Å². The van der Waals surface area contributed by atoms with Crippen molar-refractivity contribution >= 4 is 0 Å². The molecule has 14 heavy (non-hydrogen) atoms. The largest absolute Gasteiger partial charge is 0.0587 e. The molecule has 1 aliphatic carbocycles. The van der Waals surface area contributed by atoms with Crippen LogP contribution >= 0.6 is 0 Å². The zero-order chi connectivity index (χ0) is 10.1. The summed E-state index contributed by atoms with van der Waals surface area (Å²) in [6, 6.07) is 7.09. The normalized spacial score (nSPS) is 21.0. The second-order valence-electron chi connectivity index (χ2n) is 4.91. The van der Waals surface area contributed by atoms with Gasteiger partial charge in [-0.3, -0.25) is 0 Å². The van der Waals surface area contributed by atoms with Gasteiger partial charge in [-0.1, -0.05) is 39.0 Å². The second kappa shape index (κ2) is 3.76. The Morgan fingerprint density at radius 3 is 2.79 bits per heavy atom. The fourth-order valence-corrected chi connectivity index (χ4v) is 2.44. The van der Waals surface area contributed by atoms with E-state index in [1.807, 2.05) is 0 Å². The number of aryl methyl sites for hydroxylation is 1. The number of benzene rings is 1. The zero-order valence-electron chi connectivity index (χ0n) is 9.51. The first-order chi connectivity index (χ1) is 6.68. The topological polar surface area (TPSA) is 0 Å². The molecule has 0 heteroatoms. The summed E-state index contributed by atoms with van der Waals surface area (Å²) in [5, 5.41) is 0. The summed E-state index contributed by atoms with van der Waals surface area (Å²) in [6.07, 6.45) is 4.03. The van der Waals surface area contributed by atoms with Crippen molar-refractivity contribution in [2.24, 2.45) is 0 Å². The Hall–Kier alpha value is -0.780. The van der Waals surface area contributed by atoms with Gasteiger partial charge in [-0.25, -0.2) is 0 Å². The van der Waals surface area contributed by atoms with E-state index in [1.54, 1.807) is 11.1 Å². The molecule has 76 valence electrons. The van der Waals surface area contributed by atoms with E-state index in [1.165, 1.54) is 24.8 Å². The van der Waals surface area contributed by atoms with Gasteiger partial charge in [0.15, 0.2) is 0 Å². The Morgan fingerprint density at radius 1 is 1.29 bits per heavy atom. The van der Waals surface area contributed by atoms with E-state index in [0.29, 0.717) is 5.92 Å². The van der Waals surface area contributed by atoms with Crippen molar-refractivity contribution < 1.29 is 0 Å². The molecule has 0 aliphatic heterocycles. The Morgan fingerprint density at radius 2 is 2.07 bits per heavy atom. The molecule has 0 N–H and O–H groups in total. The standard InChI is InChI=1S/C14H20/c1-10(2)12-7-8-14-11(3)5-4-6-13(14)9-12/h7-11H,4-6H2,1-3H3. The van der Waals surface area contributed by atoms with Crippen LogP contribution < -0.4 is 0 Å². The molecular weight excluding hydrogens is 168 g/mol. The summed E-state index contributed by atoms with van der Waals surface area (Å²) in [5.41, 5.74) is 4.70. The van der Waals surface area contributed by atoms with Gasteiger partial charge in [0.1, 0.15) is 0 Å². The quantitative estimate of drug-likeness (QED) is 0.618. The lowest BCUT2D eigenvalue weighted by molar-refractivity contribution is 0.589. The van der Waals surface area contributed by atoms with E-state index >= 15 is 0 Å². The zero-order valence-corrected chi connectivity index (χ0v) is 9.51. The van der Waals surface area contributed by atoms with Gasteiger partial charge in [-0.05, 0) is 47.8 Å². The third kappa shape index (κ3) is 1.70. The molecule has 0 nitrogen and oxygen atoms in total. The molecule has 0 saturated heterocycles. The van der Waals surface area contributed by atoms with Gasteiger partial charge in [-0.15, -0.1) is 0 Å². The lowest BCUT2D eigenvalue weighted by Crippen LogP contribution is -2.07. The summed E-state index contributed by atoms with van der Waals surface area (Å²) >= 11 is 0. The highest BCUT2D eigenvalue weighted by atomic mass is 14.2. The summed E-state index contributed by atoms with van der Waals surface area (Å²) in [6.45, 7) is 6.90. The number of rotatable bonds is 1. The molecule has 0 radical (unpaired) electrons. The SMILES string of the molecule is CC(C)c1ccc2c(c1)CCCC2C. The van der Waals surface area contributed by atoms with E-state index < -0.39 is 0 Å². The van der Waals surface area contributed by atoms with Crippen molar-refractivity contribution in [3.8, 4) is 0 Å². The van der Waals surface area contributed by atoms with Crippen LogP contribution in [0, 0.1) is 0 Å². The molecule has 0 amide bonds. The molecule has 0 bridgehead atoms. The molecular formula is C14H20. The number of hydrogen-bond donors (Lipinski definition) is 0. The van der Waals surface area contributed by atoms with Crippen molar-refractivity contribution in [3.63, 3.8) is 0 Å². The average Bonchev–Trinajstić information content (AvgIpc) is 2.17. The maximum atomic E-state index is 2.43. The predicted octanol–water partition coefficient (Wildman–Crippen LogP) is 4.25. The van der Waals surface area contributed by atoms with Crippen molar-refractivity contribution in [3.05, 3.63) is 34.9 Å². The Bertz CT molecular complexity index is 323. The Balaban J connectivity index is 2.39. The van der Waals surface area contributed by atoms with Gasteiger partial charge in [0, 0.05) is 0 Å². The first kappa shape index (κ1) is 9.76. The molecule has 1 aromatic carbocycles. The molecule has 0 heterocycles. The third-order valence-corrected chi connectivity index (χ3v) is 3.45. The second-order valence-corrected chi connectivity index (χ2v) is 4.91. The van der Waals surface area contributed by atoms with Gasteiger partial charge >= 0.3 is 0 Å². The van der Waals surface area contributed by atoms with Crippen LogP contribution in [-0.2, 0) is 6.42 Å². The number of fused-ring (bicyclic) bond motifs is 1. The van der Waals surface area contributed by atoms with E-state index in [0.717, 1.165) is 5.92 Å². The van der Waals surface area contributed by atoms with Gasteiger partial charge in [0.05, 0.1) is 0 Å². The molecule has 1 unspecified atom stereocenters. The highest BCUT2D eigenvalue weighted by Crippen LogP contribution is 2.32. The van der Waals surface area contributed by atoms with Crippen LogP contribution in [0.15, 0.2) is 18.2 Å². The minimum absolute atomic E-state index is 0.664. The van der Waals surface area contributed by atoms with Crippen molar-refractivity contribution in [2.45, 2.75) is 51.9 Å². The molecule has 0 saturated carbocycles. The highest BCUT2D eigenvalue weighted by molar-refractivity contribution is 5.37. The third-order valence-electron chi connectivity index (χ3n) is 3.45. The molecule has 0 spiro atoms. The summed E-state index contributed by atoms with van der Waals surface area (Å²) < 4.78 is 0. The Kier molecular flexibility index (Phi) is 2.62. The first-order valence-electron chi connectivity index (χ1n) is 5.81. The van der Waals surface area contributed by atoms with Crippen LogP contribution in [0.4, 0.5) is 0 Å². The molecule has 2 rings (SSSR count). The molecule has 1 aromatic rings. The highest BCUT2D eigenvalue weighted by Gasteiger charge is 2.16. The van der Waals surface area contributed by atoms with Crippen LogP contribution in [-0.4, -0.2) is 0 Å². The first-order valence-corrected chi connectivity index (χ1v) is 5.81. The summed E-state index contributed by atoms with van der Waals surface area (Å²) in [4.78, 5) is 0. The van der Waals surface area contributed by atoms with Gasteiger partial charge in [-0.2, -0.15) is 0 Å². The van der Waals surface area contributed by atoms with E-state index in [2.05, 4.69) is 39.0 Å². The molecule has 1 atom stereocenters. The summed E-state index contributed by atoms with van der Waals surface area (Å²) in [5.74, 6) is 1.44. The van der Waals surface area contributed by atoms with E-state index in [9.17, 15) is 0 Å². The fraction of sp³-hybridized carbons (Fsp3) is 0.571. The molecule has 0 aromatic heterocycles. The van der Waals surface area contributed by atoms with Crippen molar-refractivity contribution in [1.82, 2.24) is 0 Å². The van der Waals surface area contributed by atoms with Gasteiger partial charge < -0.3 is 0 Å². The summed E-state index contributed by atoms with van der Waals surface area (Å²) in [7, 11) is 0. The van der Waals surface area contributed by atoms with Crippen LogP contribution in [0.5, 0.6) is 0 Å². The van der Waals surface area contributed by atoms with Crippen LogP contribution in [0.2, 0.25) is 0 Å². The van der Waals surface area contributed by atoms with Gasteiger partial charge in [0.2, 0.25) is 0 Å². The molecule has 0 fully saturated rings. The van der Waals surface area contributed by atoms with E-state index in [-0.39, 0.29) is 0 Å². The minimum atomic E-state index is 0.664. The van der Waals surface area contributed by atoms with Gasteiger partial charge in [0.25, 0.3) is 0 Å². The number of hydrogen-bond acceptors (Lipinski definition) is 0. The van der Waals surface area contributed by atoms with Crippen LogP contribution in [0.25, 0.3) is 0 Å². The average molecular weight is 188 g/mol. The monoisotopic (exact) mass is 188 g/mol. The lowest BCUT2D eigenvalue weighted by Gasteiger charge is -2.23. The minimum Gasteiger partial charge on any atom is -0.0587 e. The maximum absolute atomic E-state index is 2.43. The predicted molar refractivity (Wildman–Crippen MR) is 61.9 cm³/mol. The fourth-order valence-electron chi connectivity index (χ4n) is 2.44. The van der Waals surface area contributed by atoms with Crippen molar-refractivity contribution in [1.29, 1.82) is 0 Å². The van der Waals surface area contributed by atoms with Crippen LogP contribution in [0.1, 0.15) is 62.1 Å². The van der Waals surface area contributed by atoms with E-state index in [4.69, 9.17) is 0 Å². The lowest BCUT2D eigenvalue weighted by atomic mass is 9.82. The van der Waals surface area contributed by atoms with Crippen molar-refractivity contribution in [2.75, 3.05) is 0 Å². The molecule has 1 aliphatic rings.